The number of urea groups is 1. The normalized spacial score (nSPS) is 17.9. The molecule has 1 aliphatic rings. The Kier molecular flexibility index (Phi) is 4.63. The Hall–Kier alpha value is -2.99. The Morgan fingerprint density at radius 2 is 1.76 bits per heavy atom. The number of barbiturate groups is 1. The van der Waals surface area contributed by atoms with Crippen molar-refractivity contribution in [2.24, 2.45) is 10.9 Å². The van der Waals surface area contributed by atoms with Crippen molar-refractivity contribution in [3.63, 3.8) is 0 Å². The fourth-order valence-corrected chi connectivity index (χ4v) is 2.56. The third-order valence-corrected chi connectivity index (χ3v) is 4.03. The first kappa shape index (κ1) is 16.9. The van der Waals surface area contributed by atoms with Crippen LogP contribution in [-0.4, -0.2) is 24.1 Å². The van der Waals surface area contributed by atoms with Crippen LogP contribution in [0.1, 0.15) is 5.56 Å². The Morgan fingerprint density at radius 3 is 2.44 bits per heavy atom. The second-order valence-electron chi connectivity index (χ2n) is 5.51. The number of imide groups is 2. The fraction of sp³-hybridized carbons (Fsp3) is 0.111. The molecule has 25 heavy (non-hydrogen) atoms. The highest BCUT2D eigenvalue weighted by atomic mass is 35.5. The Balaban J connectivity index is 1.90. The van der Waals surface area contributed by atoms with E-state index in [1.807, 2.05) is 6.92 Å². The van der Waals surface area contributed by atoms with Crippen LogP contribution in [0.2, 0.25) is 5.02 Å². The van der Waals surface area contributed by atoms with Crippen LogP contribution in [0.4, 0.5) is 16.2 Å². The molecule has 0 spiro atoms. The van der Waals surface area contributed by atoms with Crippen LogP contribution >= 0.6 is 11.6 Å². The molecule has 0 aromatic heterocycles. The van der Waals surface area contributed by atoms with Crippen molar-refractivity contribution >= 4 is 47.0 Å². The minimum atomic E-state index is -1.21. The zero-order valence-corrected chi connectivity index (χ0v) is 14.0. The number of aliphatic imine (C=N–C) groups is 1. The molecule has 0 bridgehead atoms. The van der Waals surface area contributed by atoms with E-state index in [1.165, 1.54) is 6.21 Å². The van der Waals surface area contributed by atoms with Crippen LogP contribution in [0.5, 0.6) is 0 Å². The molecule has 1 heterocycles. The maximum absolute atomic E-state index is 12.7. The monoisotopic (exact) mass is 355 g/mol. The highest BCUT2D eigenvalue weighted by molar-refractivity contribution is 6.34. The van der Waals surface area contributed by atoms with Crippen LogP contribution in [0, 0.1) is 12.8 Å². The second-order valence-corrected chi connectivity index (χ2v) is 5.92. The molecule has 1 fully saturated rings. The van der Waals surface area contributed by atoms with Crippen molar-refractivity contribution in [3.05, 3.63) is 59.1 Å². The van der Waals surface area contributed by atoms with Crippen molar-refractivity contribution in [2.75, 3.05) is 4.90 Å². The van der Waals surface area contributed by atoms with E-state index in [2.05, 4.69) is 10.3 Å². The highest BCUT2D eigenvalue weighted by Crippen LogP contribution is 2.25. The SMILES string of the molecule is Cc1ccc(N2C(=O)NC(=O)[C@H](C=Nc3ccccc3Cl)C2=O)cc1. The Labute approximate surface area is 149 Å². The molecular formula is C18H14ClN3O3. The van der Waals surface area contributed by atoms with E-state index in [9.17, 15) is 14.4 Å². The average molecular weight is 356 g/mol. The van der Waals surface area contributed by atoms with E-state index in [0.29, 0.717) is 16.4 Å². The zero-order chi connectivity index (χ0) is 18.0. The maximum atomic E-state index is 12.7. The summed E-state index contributed by atoms with van der Waals surface area (Å²) in [5.41, 5.74) is 1.81. The molecule has 126 valence electrons. The zero-order valence-electron chi connectivity index (χ0n) is 13.3. The third-order valence-electron chi connectivity index (χ3n) is 3.71. The lowest BCUT2D eigenvalue weighted by molar-refractivity contribution is -0.131. The molecule has 0 unspecified atom stereocenters. The number of rotatable bonds is 3. The summed E-state index contributed by atoms with van der Waals surface area (Å²) in [5.74, 6) is -2.59. The lowest BCUT2D eigenvalue weighted by Gasteiger charge is -2.28. The summed E-state index contributed by atoms with van der Waals surface area (Å²) in [5, 5.41) is 2.57. The first-order chi connectivity index (χ1) is 12.0. The van der Waals surface area contributed by atoms with E-state index in [1.54, 1.807) is 48.5 Å². The smallest absolute Gasteiger partial charge is 0.276 e. The first-order valence-corrected chi connectivity index (χ1v) is 7.89. The van der Waals surface area contributed by atoms with Crippen molar-refractivity contribution in [1.82, 2.24) is 5.32 Å². The summed E-state index contributed by atoms with van der Waals surface area (Å²) in [6.07, 6.45) is 1.20. The topological polar surface area (TPSA) is 78.8 Å². The van der Waals surface area contributed by atoms with Crippen molar-refractivity contribution < 1.29 is 14.4 Å². The van der Waals surface area contributed by atoms with Gasteiger partial charge in [0, 0.05) is 6.21 Å². The van der Waals surface area contributed by atoms with Gasteiger partial charge in [-0.1, -0.05) is 41.4 Å². The molecule has 6 nitrogen and oxygen atoms in total. The van der Waals surface area contributed by atoms with Crippen LogP contribution in [-0.2, 0) is 9.59 Å². The van der Waals surface area contributed by atoms with E-state index < -0.39 is 23.8 Å². The van der Waals surface area contributed by atoms with Gasteiger partial charge in [-0.15, -0.1) is 0 Å². The van der Waals surface area contributed by atoms with Gasteiger partial charge in [0.05, 0.1) is 16.4 Å². The van der Waals surface area contributed by atoms with E-state index in [4.69, 9.17) is 11.6 Å². The maximum Gasteiger partial charge on any atom is 0.335 e. The number of nitrogens with one attached hydrogen (secondary N) is 1. The summed E-state index contributed by atoms with van der Waals surface area (Å²) in [7, 11) is 0. The number of benzene rings is 2. The van der Waals surface area contributed by atoms with Gasteiger partial charge in [0.15, 0.2) is 5.92 Å². The molecule has 1 saturated heterocycles. The van der Waals surface area contributed by atoms with Crippen molar-refractivity contribution in [2.45, 2.75) is 6.92 Å². The summed E-state index contributed by atoms with van der Waals surface area (Å²) in [4.78, 5) is 41.8. The van der Waals surface area contributed by atoms with Crippen molar-refractivity contribution in [3.8, 4) is 0 Å². The minimum Gasteiger partial charge on any atom is -0.276 e. The minimum absolute atomic E-state index is 0.386. The molecule has 1 aliphatic heterocycles. The summed E-state index contributed by atoms with van der Waals surface area (Å²) < 4.78 is 0. The molecule has 2 aromatic carbocycles. The highest BCUT2D eigenvalue weighted by Gasteiger charge is 2.40. The number of hydrogen-bond acceptors (Lipinski definition) is 4. The summed E-state index contributed by atoms with van der Waals surface area (Å²) in [6, 6.07) is 12.9. The number of carbonyl (C=O) groups is 3. The standard InChI is InChI=1S/C18H14ClN3O3/c1-11-6-8-12(9-7-11)22-17(24)13(16(23)21-18(22)25)10-20-15-5-3-2-4-14(15)19/h2-10,13H,1H3,(H,21,23,25)/t13-/m0/s1. The lowest BCUT2D eigenvalue weighted by Crippen LogP contribution is -2.58. The number of para-hydroxylation sites is 1. The van der Waals surface area contributed by atoms with Gasteiger partial charge in [-0.05, 0) is 31.2 Å². The van der Waals surface area contributed by atoms with Gasteiger partial charge in [-0.25, -0.2) is 9.69 Å². The van der Waals surface area contributed by atoms with Gasteiger partial charge in [0.25, 0.3) is 5.91 Å². The second kappa shape index (κ2) is 6.86. The van der Waals surface area contributed by atoms with Crippen LogP contribution in [0.15, 0.2) is 53.5 Å². The molecule has 3 rings (SSSR count). The summed E-state index contributed by atoms with van der Waals surface area (Å²) in [6.45, 7) is 1.89. The molecule has 1 N–H and O–H groups in total. The van der Waals surface area contributed by atoms with E-state index in [0.717, 1.165) is 10.5 Å². The quantitative estimate of drug-likeness (QED) is 0.678. The molecule has 4 amide bonds. The molecular weight excluding hydrogens is 342 g/mol. The van der Waals surface area contributed by atoms with E-state index >= 15 is 0 Å². The number of amides is 4. The Bertz CT molecular complexity index is 877. The number of hydrogen-bond donors (Lipinski definition) is 1. The number of nitrogens with zero attached hydrogens (tertiary/aromatic N) is 2. The Morgan fingerprint density at radius 1 is 1.08 bits per heavy atom. The molecule has 0 radical (unpaired) electrons. The number of halogens is 1. The predicted molar refractivity (Wildman–Crippen MR) is 95.3 cm³/mol. The number of carbonyl (C=O) groups excluding carboxylic acids is 3. The van der Waals surface area contributed by atoms with Gasteiger partial charge >= 0.3 is 6.03 Å². The van der Waals surface area contributed by atoms with Gasteiger partial charge in [0.2, 0.25) is 5.91 Å². The molecule has 1 atom stereocenters. The molecule has 0 saturated carbocycles. The third kappa shape index (κ3) is 3.44. The fourth-order valence-electron chi connectivity index (χ4n) is 2.37. The van der Waals surface area contributed by atoms with E-state index in [-0.39, 0.29) is 0 Å². The van der Waals surface area contributed by atoms with Crippen molar-refractivity contribution in [1.29, 1.82) is 0 Å². The van der Waals surface area contributed by atoms with Crippen LogP contribution < -0.4 is 10.2 Å². The molecule has 0 aliphatic carbocycles. The number of anilines is 1. The van der Waals surface area contributed by atoms with Crippen LogP contribution in [0.25, 0.3) is 0 Å². The predicted octanol–water partition coefficient (Wildman–Crippen LogP) is 3.25. The lowest BCUT2D eigenvalue weighted by atomic mass is 10.1. The van der Waals surface area contributed by atoms with Gasteiger partial charge in [-0.3, -0.25) is 19.9 Å². The largest absolute Gasteiger partial charge is 0.335 e. The summed E-state index contributed by atoms with van der Waals surface area (Å²) >= 11 is 6.01. The van der Waals surface area contributed by atoms with Gasteiger partial charge in [-0.2, -0.15) is 0 Å². The first-order valence-electron chi connectivity index (χ1n) is 7.51. The number of aryl methyl sites for hydroxylation is 1. The van der Waals surface area contributed by atoms with Gasteiger partial charge in [0.1, 0.15) is 0 Å². The van der Waals surface area contributed by atoms with Crippen LogP contribution in [0.3, 0.4) is 0 Å². The van der Waals surface area contributed by atoms with Gasteiger partial charge < -0.3 is 0 Å². The average Bonchev–Trinajstić information content (AvgIpc) is 2.57. The molecule has 7 heteroatoms. The molecule has 2 aromatic rings.